The number of halogens is 1. The fourth-order valence-corrected chi connectivity index (χ4v) is 1.76. The van der Waals surface area contributed by atoms with Crippen LogP contribution in [0.5, 0.6) is 0 Å². The molecule has 1 aromatic carbocycles. The van der Waals surface area contributed by atoms with Gasteiger partial charge in [0.05, 0.1) is 12.0 Å². The number of aromatic nitrogens is 2. The summed E-state index contributed by atoms with van der Waals surface area (Å²) in [6.45, 7) is 3.74. The van der Waals surface area contributed by atoms with E-state index in [0.29, 0.717) is 11.4 Å². The van der Waals surface area contributed by atoms with E-state index in [-0.39, 0.29) is 29.7 Å². The Bertz CT molecular complexity index is 693. The summed E-state index contributed by atoms with van der Waals surface area (Å²) in [5, 5.41) is 2.59. The predicted molar refractivity (Wildman–Crippen MR) is 77.6 cm³/mol. The Balaban J connectivity index is 2.06. The second kappa shape index (κ2) is 6.30. The van der Waals surface area contributed by atoms with Gasteiger partial charge in [-0.3, -0.25) is 14.2 Å². The highest BCUT2D eigenvalue weighted by Crippen LogP contribution is 2.09. The summed E-state index contributed by atoms with van der Waals surface area (Å²) in [5.74, 6) is -0.596. The number of carbonyl (C=O) groups excluding carboxylic acids is 1. The quantitative estimate of drug-likeness (QED) is 0.938. The van der Waals surface area contributed by atoms with Crippen LogP contribution in [0.4, 0.5) is 10.1 Å². The zero-order valence-corrected chi connectivity index (χ0v) is 11.8. The average Bonchev–Trinajstić information content (AvgIpc) is 2.43. The lowest BCUT2D eigenvalue weighted by molar-refractivity contribution is -0.116. The van der Waals surface area contributed by atoms with E-state index >= 15 is 0 Å². The summed E-state index contributed by atoms with van der Waals surface area (Å²) in [6.07, 6.45) is 1.36. The van der Waals surface area contributed by atoms with Crippen LogP contribution in [0.2, 0.25) is 0 Å². The van der Waals surface area contributed by atoms with Gasteiger partial charge in [0.25, 0.3) is 5.56 Å². The van der Waals surface area contributed by atoms with Gasteiger partial charge in [0.1, 0.15) is 12.4 Å². The molecular weight excluding hydrogens is 273 g/mol. The molecule has 2 rings (SSSR count). The Hall–Kier alpha value is -2.50. The molecule has 0 saturated heterocycles. The second-order valence-electron chi connectivity index (χ2n) is 4.99. The number of benzene rings is 1. The van der Waals surface area contributed by atoms with Crippen molar-refractivity contribution in [3.63, 3.8) is 0 Å². The molecule has 0 fully saturated rings. The third-order valence-electron chi connectivity index (χ3n) is 2.93. The Morgan fingerprint density at radius 1 is 1.33 bits per heavy atom. The van der Waals surface area contributed by atoms with Crippen LogP contribution in [0.15, 0.2) is 41.5 Å². The first-order chi connectivity index (χ1) is 9.95. The maximum Gasteiger partial charge on any atom is 0.254 e. The minimum absolute atomic E-state index is 0.137. The lowest BCUT2D eigenvalue weighted by Gasteiger charge is -2.09. The summed E-state index contributed by atoms with van der Waals surface area (Å²) in [4.78, 5) is 27.9. The van der Waals surface area contributed by atoms with E-state index < -0.39 is 0 Å². The summed E-state index contributed by atoms with van der Waals surface area (Å²) >= 11 is 0. The lowest BCUT2D eigenvalue weighted by Crippen LogP contribution is -2.28. The molecule has 0 radical (unpaired) electrons. The van der Waals surface area contributed by atoms with Crippen LogP contribution in [0.3, 0.4) is 0 Å². The molecule has 6 heteroatoms. The smallest absolute Gasteiger partial charge is 0.254 e. The van der Waals surface area contributed by atoms with Crippen LogP contribution >= 0.6 is 0 Å². The van der Waals surface area contributed by atoms with Crippen LogP contribution in [0.25, 0.3) is 0 Å². The number of hydrogen-bond donors (Lipinski definition) is 1. The average molecular weight is 289 g/mol. The van der Waals surface area contributed by atoms with Gasteiger partial charge >= 0.3 is 0 Å². The molecule has 0 atom stereocenters. The van der Waals surface area contributed by atoms with Gasteiger partial charge in [0, 0.05) is 11.8 Å². The fraction of sp³-hybridized carbons (Fsp3) is 0.267. The van der Waals surface area contributed by atoms with Gasteiger partial charge in [0.2, 0.25) is 5.91 Å². The van der Waals surface area contributed by atoms with Gasteiger partial charge in [-0.1, -0.05) is 13.8 Å². The summed E-state index contributed by atoms with van der Waals surface area (Å²) < 4.78 is 14.0. The molecule has 5 nitrogen and oxygen atoms in total. The largest absolute Gasteiger partial charge is 0.325 e. The van der Waals surface area contributed by atoms with Crippen LogP contribution < -0.4 is 10.9 Å². The Morgan fingerprint density at radius 3 is 2.57 bits per heavy atom. The normalized spacial score (nSPS) is 10.7. The van der Waals surface area contributed by atoms with E-state index in [1.807, 2.05) is 13.8 Å². The first-order valence-electron chi connectivity index (χ1n) is 6.57. The van der Waals surface area contributed by atoms with E-state index in [0.717, 1.165) is 0 Å². The number of nitrogens with zero attached hydrogens (tertiary/aromatic N) is 2. The van der Waals surface area contributed by atoms with Crippen LogP contribution in [0.1, 0.15) is 25.5 Å². The van der Waals surface area contributed by atoms with Gasteiger partial charge in [-0.15, -0.1) is 0 Å². The molecule has 1 aromatic heterocycles. The van der Waals surface area contributed by atoms with Gasteiger partial charge in [-0.25, -0.2) is 9.37 Å². The highest BCUT2D eigenvalue weighted by molar-refractivity contribution is 5.90. The number of hydrogen-bond acceptors (Lipinski definition) is 3. The molecule has 0 spiro atoms. The SMILES string of the molecule is CC(C)c1cc(=O)n(CC(=O)Nc2ccc(F)cc2)cn1. The van der Waals surface area contributed by atoms with E-state index in [1.165, 1.54) is 41.2 Å². The number of nitrogens with one attached hydrogen (secondary N) is 1. The molecule has 21 heavy (non-hydrogen) atoms. The van der Waals surface area contributed by atoms with Gasteiger partial charge < -0.3 is 5.32 Å². The molecule has 1 N–H and O–H groups in total. The topological polar surface area (TPSA) is 64.0 Å². The second-order valence-corrected chi connectivity index (χ2v) is 4.99. The number of rotatable bonds is 4. The van der Waals surface area contributed by atoms with Crippen molar-refractivity contribution in [3.8, 4) is 0 Å². The molecule has 0 unspecified atom stereocenters. The van der Waals surface area contributed by atoms with Crippen molar-refractivity contribution in [1.29, 1.82) is 0 Å². The van der Waals surface area contributed by atoms with Crippen molar-refractivity contribution >= 4 is 11.6 Å². The Morgan fingerprint density at radius 2 is 2.00 bits per heavy atom. The standard InChI is InChI=1S/C15H16FN3O2/c1-10(2)13-7-15(21)19(9-17-13)8-14(20)18-12-5-3-11(16)4-6-12/h3-7,9-10H,8H2,1-2H3,(H,18,20). The van der Waals surface area contributed by atoms with Crippen molar-refractivity contribution in [2.24, 2.45) is 0 Å². The van der Waals surface area contributed by atoms with E-state index in [9.17, 15) is 14.0 Å². The molecule has 2 aromatic rings. The molecule has 1 amide bonds. The maximum atomic E-state index is 12.8. The molecule has 0 saturated carbocycles. The number of anilines is 1. The maximum absolute atomic E-state index is 12.8. The minimum Gasteiger partial charge on any atom is -0.325 e. The van der Waals surface area contributed by atoms with E-state index in [4.69, 9.17) is 0 Å². The third kappa shape index (κ3) is 3.98. The summed E-state index contributed by atoms with van der Waals surface area (Å²) in [7, 11) is 0. The highest BCUT2D eigenvalue weighted by Gasteiger charge is 2.08. The number of carbonyl (C=O) groups is 1. The van der Waals surface area contributed by atoms with Gasteiger partial charge in [-0.05, 0) is 30.2 Å². The molecular formula is C15H16FN3O2. The van der Waals surface area contributed by atoms with E-state index in [1.54, 1.807) is 0 Å². The first kappa shape index (κ1) is 14.9. The molecule has 1 heterocycles. The summed E-state index contributed by atoms with van der Waals surface area (Å²) in [5.41, 5.74) is 0.888. The van der Waals surface area contributed by atoms with E-state index in [2.05, 4.69) is 10.3 Å². The zero-order valence-electron chi connectivity index (χ0n) is 11.8. The Labute approximate surface area is 121 Å². The zero-order chi connectivity index (χ0) is 15.4. The molecule has 0 aliphatic carbocycles. The van der Waals surface area contributed by atoms with Crippen LogP contribution in [-0.4, -0.2) is 15.5 Å². The fourth-order valence-electron chi connectivity index (χ4n) is 1.76. The molecule has 110 valence electrons. The van der Waals surface area contributed by atoms with Crippen molar-refractivity contribution in [1.82, 2.24) is 9.55 Å². The highest BCUT2D eigenvalue weighted by atomic mass is 19.1. The minimum atomic E-state index is -0.377. The number of amides is 1. The van der Waals surface area contributed by atoms with Crippen LogP contribution in [-0.2, 0) is 11.3 Å². The molecule has 0 aliphatic rings. The van der Waals surface area contributed by atoms with Crippen LogP contribution in [0, 0.1) is 5.82 Å². The monoisotopic (exact) mass is 289 g/mol. The third-order valence-corrected chi connectivity index (χ3v) is 2.93. The van der Waals surface area contributed by atoms with Crippen molar-refractivity contribution in [2.45, 2.75) is 26.3 Å². The lowest BCUT2D eigenvalue weighted by atomic mass is 10.1. The van der Waals surface area contributed by atoms with Gasteiger partial charge in [-0.2, -0.15) is 0 Å². The summed E-state index contributed by atoms with van der Waals surface area (Å²) in [6, 6.07) is 6.84. The first-order valence-corrected chi connectivity index (χ1v) is 6.57. The van der Waals surface area contributed by atoms with Gasteiger partial charge in [0.15, 0.2) is 0 Å². The van der Waals surface area contributed by atoms with Crippen molar-refractivity contribution in [3.05, 3.63) is 58.5 Å². The predicted octanol–water partition coefficient (Wildman–Crippen LogP) is 2.14. The Kier molecular flexibility index (Phi) is 4.47. The molecule has 0 aliphatic heterocycles. The molecule has 0 bridgehead atoms. The van der Waals surface area contributed by atoms with Crippen molar-refractivity contribution < 1.29 is 9.18 Å². The van der Waals surface area contributed by atoms with Crippen molar-refractivity contribution in [2.75, 3.05) is 5.32 Å².